The van der Waals surface area contributed by atoms with Gasteiger partial charge in [-0.25, -0.2) is 4.79 Å². The number of carbonyl (C=O) groups is 1. The number of rotatable bonds is 5. The minimum absolute atomic E-state index is 0.0213. The summed E-state index contributed by atoms with van der Waals surface area (Å²) in [5.74, 6) is -0.105. The summed E-state index contributed by atoms with van der Waals surface area (Å²) in [7, 11) is 3.83. The highest BCUT2D eigenvalue weighted by atomic mass is 19.4. The van der Waals surface area contributed by atoms with Crippen LogP contribution in [0.4, 0.5) is 23.7 Å². The molecule has 172 valence electrons. The van der Waals surface area contributed by atoms with Gasteiger partial charge in [-0.05, 0) is 68.1 Å². The van der Waals surface area contributed by atoms with E-state index in [0.29, 0.717) is 37.2 Å². The lowest BCUT2D eigenvalue weighted by atomic mass is 9.77. The number of likely N-dealkylation sites (N-methyl/N-ethyl adjacent to an activating group) is 1. The van der Waals surface area contributed by atoms with Gasteiger partial charge in [0.05, 0.1) is 11.6 Å². The van der Waals surface area contributed by atoms with Gasteiger partial charge >= 0.3 is 12.3 Å². The number of nitrogens with one attached hydrogen (secondary N) is 2. The maximum Gasteiger partial charge on any atom is 0.416 e. The normalized spacial score (nSPS) is 24.4. The number of amides is 1. The first kappa shape index (κ1) is 22.5. The average Bonchev–Trinajstić information content (AvgIpc) is 3.16. The van der Waals surface area contributed by atoms with Crippen molar-refractivity contribution in [2.45, 2.75) is 37.1 Å². The molecule has 1 amide bonds. The largest absolute Gasteiger partial charge is 0.446 e. The van der Waals surface area contributed by atoms with Gasteiger partial charge in [-0.3, -0.25) is 0 Å². The number of alkyl carbamates (subject to hydrolysis) is 1. The molecule has 1 aliphatic heterocycles. The Morgan fingerprint density at radius 3 is 2.59 bits per heavy atom. The van der Waals surface area contributed by atoms with Gasteiger partial charge < -0.3 is 20.3 Å². The summed E-state index contributed by atoms with van der Waals surface area (Å²) < 4.78 is 45.8. The number of halogens is 3. The molecule has 32 heavy (non-hydrogen) atoms. The van der Waals surface area contributed by atoms with Crippen LogP contribution in [0.25, 0.3) is 0 Å². The Morgan fingerprint density at radius 2 is 1.91 bits per heavy atom. The third kappa shape index (κ3) is 4.85. The van der Waals surface area contributed by atoms with Crippen LogP contribution in [0.5, 0.6) is 0 Å². The van der Waals surface area contributed by atoms with Crippen molar-refractivity contribution in [2.75, 3.05) is 32.5 Å². The molecule has 4 rings (SSSR count). The molecule has 1 heterocycles. The molecule has 2 aromatic carbocycles. The van der Waals surface area contributed by atoms with Crippen LogP contribution < -0.4 is 10.6 Å². The summed E-state index contributed by atoms with van der Waals surface area (Å²) in [5, 5.41) is 6.20. The molecular weight excluding hydrogens is 419 g/mol. The molecule has 5 nitrogen and oxygen atoms in total. The van der Waals surface area contributed by atoms with E-state index in [1.807, 2.05) is 49.3 Å². The van der Waals surface area contributed by atoms with Gasteiger partial charge in [0.15, 0.2) is 0 Å². The molecule has 8 heteroatoms. The minimum atomic E-state index is -4.40. The summed E-state index contributed by atoms with van der Waals surface area (Å²) in [5.41, 5.74) is 1.78. The highest BCUT2D eigenvalue weighted by molar-refractivity contribution is 5.67. The molecule has 2 aliphatic rings. The standard InChI is InChI=1S/C24H28F3N3O2/c1-30(2)11-10-28-23(31)32-17-13-18-19-12-16(24(25,26)27)8-9-21(19)29-22(20(18)14-17)15-6-4-3-5-7-15/h3-9,12,17-18,20,22,29H,10-11,13-14H2,1-2H3,(H,28,31)/t17-,18+,20+,22-/m0/s1. The molecule has 2 N–H and O–H groups in total. The van der Waals surface area contributed by atoms with Crippen molar-refractivity contribution >= 4 is 11.8 Å². The summed E-state index contributed by atoms with van der Waals surface area (Å²) in [6.07, 6.45) is -4.14. The van der Waals surface area contributed by atoms with Crippen LogP contribution in [-0.4, -0.2) is 44.3 Å². The highest BCUT2D eigenvalue weighted by Crippen LogP contribution is 2.54. The zero-order chi connectivity index (χ0) is 22.9. The maximum atomic E-state index is 13.4. The number of anilines is 1. The second-order valence-electron chi connectivity index (χ2n) is 8.83. The van der Waals surface area contributed by atoms with Crippen molar-refractivity contribution in [3.8, 4) is 0 Å². The van der Waals surface area contributed by atoms with E-state index in [9.17, 15) is 18.0 Å². The zero-order valence-corrected chi connectivity index (χ0v) is 18.2. The average molecular weight is 448 g/mol. The Hall–Kier alpha value is -2.74. The number of benzene rings is 2. The molecule has 1 saturated carbocycles. The molecular formula is C24H28F3N3O2. The summed E-state index contributed by atoms with van der Waals surface area (Å²) >= 11 is 0. The van der Waals surface area contributed by atoms with Crippen molar-refractivity contribution in [1.29, 1.82) is 0 Å². The zero-order valence-electron chi connectivity index (χ0n) is 18.2. The third-order valence-corrected chi connectivity index (χ3v) is 6.35. The van der Waals surface area contributed by atoms with Crippen molar-refractivity contribution in [2.24, 2.45) is 5.92 Å². The summed E-state index contributed by atoms with van der Waals surface area (Å²) in [4.78, 5) is 14.2. The first-order valence-corrected chi connectivity index (χ1v) is 10.8. The third-order valence-electron chi connectivity index (χ3n) is 6.35. The van der Waals surface area contributed by atoms with Gasteiger partial charge in [-0.2, -0.15) is 13.2 Å². The number of hydrogen-bond donors (Lipinski definition) is 2. The predicted molar refractivity (Wildman–Crippen MR) is 117 cm³/mol. The Kier molecular flexibility index (Phi) is 6.33. The topological polar surface area (TPSA) is 53.6 Å². The molecule has 2 aromatic rings. The number of alkyl halides is 3. The van der Waals surface area contributed by atoms with Gasteiger partial charge in [0.2, 0.25) is 0 Å². The minimum Gasteiger partial charge on any atom is -0.446 e. The monoisotopic (exact) mass is 447 g/mol. The van der Waals surface area contributed by atoms with Crippen LogP contribution in [0.3, 0.4) is 0 Å². The quantitative estimate of drug-likeness (QED) is 0.676. The number of carbonyl (C=O) groups excluding carboxylic acids is 1. The van der Waals surface area contributed by atoms with Crippen LogP contribution in [-0.2, 0) is 10.9 Å². The lowest BCUT2D eigenvalue weighted by molar-refractivity contribution is -0.137. The van der Waals surface area contributed by atoms with Crippen LogP contribution in [0, 0.1) is 5.92 Å². The van der Waals surface area contributed by atoms with E-state index in [2.05, 4.69) is 10.6 Å². The van der Waals surface area contributed by atoms with Crippen molar-refractivity contribution in [3.63, 3.8) is 0 Å². The SMILES string of the molecule is CN(C)CCNC(=O)O[C@@H]1C[C@@H]2[C@H](C1)c1cc(C(F)(F)F)ccc1N[C@H]2c1ccccc1. The Bertz CT molecular complexity index is 949. The van der Waals surface area contributed by atoms with Crippen molar-refractivity contribution in [1.82, 2.24) is 10.2 Å². The lowest BCUT2D eigenvalue weighted by Gasteiger charge is -2.37. The Balaban J connectivity index is 1.58. The van der Waals surface area contributed by atoms with E-state index in [1.165, 1.54) is 12.1 Å². The first-order chi connectivity index (χ1) is 15.2. The molecule has 0 bridgehead atoms. The smallest absolute Gasteiger partial charge is 0.416 e. The Morgan fingerprint density at radius 1 is 1.16 bits per heavy atom. The van der Waals surface area contributed by atoms with Gasteiger partial charge in [0, 0.05) is 18.8 Å². The van der Waals surface area contributed by atoms with E-state index in [1.54, 1.807) is 0 Å². The fourth-order valence-electron chi connectivity index (χ4n) is 4.86. The predicted octanol–water partition coefficient (Wildman–Crippen LogP) is 5.02. The van der Waals surface area contributed by atoms with E-state index in [0.717, 1.165) is 11.6 Å². The van der Waals surface area contributed by atoms with E-state index in [4.69, 9.17) is 4.74 Å². The summed E-state index contributed by atoms with van der Waals surface area (Å²) in [6.45, 7) is 1.16. The second-order valence-corrected chi connectivity index (χ2v) is 8.83. The van der Waals surface area contributed by atoms with Gasteiger partial charge in [-0.15, -0.1) is 0 Å². The van der Waals surface area contributed by atoms with Crippen LogP contribution >= 0.6 is 0 Å². The molecule has 4 atom stereocenters. The van der Waals surface area contributed by atoms with E-state index >= 15 is 0 Å². The molecule has 0 aromatic heterocycles. The lowest BCUT2D eigenvalue weighted by Crippen LogP contribution is -2.33. The second kappa shape index (κ2) is 9.02. The van der Waals surface area contributed by atoms with Crippen molar-refractivity contribution < 1.29 is 22.7 Å². The summed E-state index contributed by atoms with van der Waals surface area (Å²) in [6, 6.07) is 13.7. The van der Waals surface area contributed by atoms with Gasteiger partial charge in [0.25, 0.3) is 0 Å². The molecule has 0 spiro atoms. The van der Waals surface area contributed by atoms with Crippen molar-refractivity contribution in [3.05, 3.63) is 65.2 Å². The van der Waals surface area contributed by atoms with Gasteiger partial charge in [-0.1, -0.05) is 30.3 Å². The molecule has 1 aliphatic carbocycles. The van der Waals surface area contributed by atoms with Crippen LogP contribution in [0.15, 0.2) is 48.5 Å². The fraction of sp³-hybridized carbons (Fsp3) is 0.458. The van der Waals surface area contributed by atoms with Crippen LogP contribution in [0.2, 0.25) is 0 Å². The highest BCUT2D eigenvalue weighted by Gasteiger charge is 2.46. The van der Waals surface area contributed by atoms with E-state index in [-0.39, 0.29) is 24.0 Å². The first-order valence-electron chi connectivity index (χ1n) is 10.8. The molecule has 0 saturated heterocycles. The number of fused-ring (bicyclic) bond motifs is 3. The van der Waals surface area contributed by atoms with Gasteiger partial charge in [0.1, 0.15) is 6.10 Å². The Labute approximate surface area is 185 Å². The number of ether oxygens (including phenoxy) is 1. The maximum absolute atomic E-state index is 13.4. The molecule has 1 fully saturated rings. The molecule has 0 radical (unpaired) electrons. The van der Waals surface area contributed by atoms with Crippen LogP contribution in [0.1, 0.15) is 41.5 Å². The number of hydrogen-bond acceptors (Lipinski definition) is 4. The number of nitrogens with zero attached hydrogens (tertiary/aromatic N) is 1. The molecule has 0 unspecified atom stereocenters. The fourth-order valence-corrected chi connectivity index (χ4v) is 4.86. The van der Waals surface area contributed by atoms with E-state index < -0.39 is 17.8 Å².